The number of hydrogen-bond acceptors (Lipinski definition) is 7. The summed E-state index contributed by atoms with van der Waals surface area (Å²) in [6, 6.07) is 7.89. The van der Waals surface area contributed by atoms with Crippen LogP contribution in [0.2, 0.25) is 0 Å². The number of carbonyl (C=O) groups excluding carboxylic acids is 2. The molecule has 3 amide bonds. The lowest BCUT2D eigenvalue weighted by Crippen LogP contribution is -2.48. The van der Waals surface area contributed by atoms with E-state index in [2.05, 4.69) is 10.6 Å². The van der Waals surface area contributed by atoms with Crippen molar-refractivity contribution >= 4 is 39.0 Å². The van der Waals surface area contributed by atoms with Crippen LogP contribution in [0.4, 0.5) is 10.5 Å². The van der Waals surface area contributed by atoms with Crippen molar-refractivity contribution in [2.45, 2.75) is 74.8 Å². The molecule has 1 fully saturated rings. The number of fused-ring (bicyclic) bond motifs is 1. The van der Waals surface area contributed by atoms with E-state index in [-0.39, 0.29) is 47.7 Å². The Balaban J connectivity index is 1.58. The van der Waals surface area contributed by atoms with E-state index in [1.54, 1.807) is 47.5 Å². The first-order valence-corrected chi connectivity index (χ1v) is 16.2. The highest BCUT2D eigenvalue weighted by molar-refractivity contribution is 7.91. The van der Waals surface area contributed by atoms with Gasteiger partial charge < -0.3 is 25.4 Å². The summed E-state index contributed by atoms with van der Waals surface area (Å²) in [4.78, 5) is 27.7. The van der Waals surface area contributed by atoms with Crippen molar-refractivity contribution in [3.8, 4) is 5.75 Å². The summed E-state index contributed by atoms with van der Waals surface area (Å²) in [6.45, 7) is 3.85. The summed E-state index contributed by atoms with van der Waals surface area (Å²) in [5, 5.41) is 17.5. The highest BCUT2D eigenvalue weighted by atomic mass is 32.2. The number of aliphatic hydroxyl groups excluding tert-OH is 1. The third-order valence-electron chi connectivity index (χ3n) is 7.71. The molecule has 1 aromatic carbocycles. The van der Waals surface area contributed by atoms with Gasteiger partial charge in [0.15, 0.2) is 0 Å². The van der Waals surface area contributed by atoms with Gasteiger partial charge in [0.1, 0.15) is 16.1 Å². The molecule has 1 aliphatic heterocycles. The van der Waals surface area contributed by atoms with E-state index in [0.29, 0.717) is 23.5 Å². The van der Waals surface area contributed by atoms with Crippen LogP contribution in [-0.2, 0) is 21.2 Å². The Labute approximate surface area is 240 Å². The first-order valence-electron chi connectivity index (χ1n) is 13.9. The van der Waals surface area contributed by atoms with Gasteiger partial charge in [-0.15, -0.1) is 11.3 Å². The minimum atomic E-state index is -3.71. The summed E-state index contributed by atoms with van der Waals surface area (Å²) >= 11 is 1.15. The second kappa shape index (κ2) is 13.3. The molecule has 220 valence electrons. The van der Waals surface area contributed by atoms with E-state index in [4.69, 9.17) is 4.74 Å². The monoisotopic (exact) mass is 592 g/mol. The van der Waals surface area contributed by atoms with E-state index in [0.717, 1.165) is 37.0 Å². The van der Waals surface area contributed by atoms with E-state index >= 15 is 0 Å². The molecule has 1 aliphatic carbocycles. The van der Waals surface area contributed by atoms with Crippen molar-refractivity contribution in [3.63, 3.8) is 0 Å². The smallest absolute Gasteiger partial charge is 0.319 e. The zero-order valence-corrected chi connectivity index (χ0v) is 25.0. The van der Waals surface area contributed by atoms with Crippen LogP contribution in [0.3, 0.4) is 0 Å². The van der Waals surface area contributed by atoms with Crippen LogP contribution in [0.5, 0.6) is 5.75 Å². The van der Waals surface area contributed by atoms with E-state index < -0.39 is 22.2 Å². The second-order valence-corrected chi connectivity index (χ2v) is 14.1. The molecule has 1 saturated carbocycles. The van der Waals surface area contributed by atoms with Crippen molar-refractivity contribution in [2.24, 2.45) is 5.92 Å². The molecule has 2 heterocycles. The molecule has 2 aliphatic rings. The maximum atomic E-state index is 13.4. The summed E-state index contributed by atoms with van der Waals surface area (Å²) < 4.78 is 34.2. The predicted molar refractivity (Wildman–Crippen MR) is 155 cm³/mol. The zero-order valence-electron chi connectivity index (χ0n) is 23.3. The molecule has 0 spiro atoms. The Kier molecular flexibility index (Phi) is 10.1. The number of sulfonamides is 1. The Hall–Kier alpha value is -2.67. The molecule has 10 nitrogen and oxygen atoms in total. The third-order valence-corrected chi connectivity index (χ3v) is 10.9. The minimum Gasteiger partial charge on any atom is -0.488 e. The quantitative estimate of drug-likeness (QED) is 0.429. The first kappa shape index (κ1) is 30.3. The molecule has 0 radical (unpaired) electrons. The van der Waals surface area contributed by atoms with Gasteiger partial charge >= 0.3 is 6.03 Å². The Morgan fingerprint density at radius 2 is 2.00 bits per heavy atom. The fourth-order valence-corrected chi connectivity index (χ4v) is 7.62. The number of ether oxygens (including phenoxy) is 1. The number of rotatable bonds is 8. The normalized spacial score (nSPS) is 21.5. The van der Waals surface area contributed by atoms with Crippen LogP contribution in [0.15, 0.2) is 39.9 Å². The molecular weight excluding hydrogens is 552 g/mol. The van der Waals surface area contributed by atoms with Crippen molar-refractivity contribution in [1.82, 2.24) is 14.5 Å². The number of likely N-dealkylation sites (N-methyl/N-ethyl adjacent to an activating group) is 1. The fraction of sp³-hybridized carbons (Fsp3) is 0.571. The summed E-state index contributed by atoms with van der Waals surface area (Å²) in [6.07, 6.45) is 4.78. The summed E-state index contributed by atoms with van der Waals surface area (Å²) in [7, 11) is -2.18. The molecular formula is C28H40N4O6S2. The molecule has 40 heavy (non-hydrogen) atoms. The molecule has 3 N–H and O–H groups in total. The van der Waals surface area contributed by atoms with Crippen LogP contribution in [0, 0.1) is 5.92 Å². The lowest BCUT2D eigenvalue weighted by atomic mass is 9.96. The third kappa shape index (κ3) is 7.34. The average Bonchev–Trinajstić information content (AvgIpc) is 3.49. The Bertz CT molecular complexity index is 1260. The van der Waals surface area contributed by atoms with Crippen LogP contribution in [0.1, 0.15) is 51.5 Å². The number of anilines is 1. The van der Waals surface area contributed by atoms with Crippen molar-refractivity contribution in [1.29, 1.82) is 0 Å². The number of thiophene rings is 1. The Morgan fingerprint density at radius 1 is 1.25 bits per heavy atom. The lowest BCUT2D eigenvalue weighted by molar-refractivity contribution is -0.134. The van der Waals surface area contributed by atoms with Gasteiger partial charge in [-0.3, -0.25) is 4.79 Å². The number of amides is 3. The summed E-state index contributed by atoms with van der Waals surface area (Å²) in [5.74, 6) is 0.0371. The molecule has 0 unspecified atom stereocenters. The van der Waals surface area contributed by atoms with Gasteiger partial charge in [-0.25, -0.2) is 13.2 Å². The molecule has 12 heteroatoms. The van der Waals surface area contributed by atoms with Crippen LogP contribution >= 0.6 is 11.3 Å². The SMILES string of the molecule is C[C@H]1CN([C@@H](C)CO)C(=O)Cc2cc(NC(=O)NC3CCCCC3)ccc2O[C@@H]1CN(C)S(=O)(=O)c1cccs1. The number of urea groups is 1. The van der Waals surface area contributed by atoms with Crippen molar-refractivity contribution < 1.29 is 27.9 Å². The number of carbonyl (C=O) groups is 2. The van der Waals surface area contributed by atoms with Gasteiger partial charge in [0.25, 0.3) is 10.0 Å². The predicted octanol–water partition coefficient (Wildman–Crippen LogP) is 3.67. The molecule has 3 atom stereocenters. The average molecular weight is 593 g/mol. The fourth-order valence-electron chi connectivity index (χ4n) is 5.24. The van der Waals surface area contributed by atoms with E-state index in [9.17, 15) is 23.1 Å². The van der Waals surface area contributed by atoms with Gasteiger partial charge in [0.2, 0.25) is 5.91 Å². The topological polar surface area (TPSA) is 128 Å². The maximum absolute atomic E-state index is 13.4. The van der Waals surface area contributed by atoms with E-state index in [1.165, 1.54) is 17.8 Å². The molecule has 0 saturated heterocycles. The highest BCUT2D eigenvalue weighted by Gasteiger charge is 2.33. The van der Waals surface area contributed by atoms with Crippen molar-refractivity contribution in [3.05, 3.63) is 41.3 Å². The number of nitrogens with zero attached hydrogens (tertiary/aromatic N) is 2. The number of aliphatic hydroxyl groups is 1. The second-order valence-electron chi connectivity index (χ2n) is 10.9. The number of hydrogen-bond donors (Lipinski definition) is 3. The maximum Gasteiger partial charge on any atom is 0.319 e. The Morgan fingerprint density at radius 3 is 2.67 bits per heavy atom. The lowest BCUT2D eigenvalue weighted by Gasteiger charge is -2.33. The van der Waals surface area contributed by atoms with Crippen molar-refractivity contribution in [2.75, 3.05) is 32.1 Å². The largest absolute Gasteiger partial charge is 0.488 e. The molecule has 1 aromatic heterocycles. The van der Waals surface area contributed by atoms with Gasteiger partial charge in [-0.1, -0.05) is 32.3 Å². The number of nitrogens with one attached hydrogen (secondary N) is 2. The van der Waals surface area contributed by atoms with Crippen LogP contribution < -0.4 is 15.4 Å². The van der Waals surface area contributed by atoms with Gasteiger partial charge in [-0.2, -0.15) is 4.31 Å². The van der Waals surface area contributed by atoms with Crippen LogP contribution in [-0.4, -0.2) is 79.6 Å². The van der Waals surface area contributed by atoms with E-state index in [1.807, 2.05) is 6.92 Å². The van der Waals surface area contributed by atoms with Crippen LogP contribution in [0.25, 0.3) is 0 Å². The first-order chi connectivity index (χ1) is 19.1. The molecule has 2 aromatic rings. The summed E-state index contributed by atoms with van der Waals surface area (Å²) in [5.41, 5.74) is 1.12. The van der Waals surface area contributed by atoms with Gasteiger partial charge in [-0.05, 0) is 49.4 Å². The standard InChI is InChI=1S/C28H40N4O6S2/c1-19-16-32(20(2)18-33)26(34)15-21-14-23(30-28(35)29-22-8-5-4-6-9-22)11-12-24(21)38-25(19)17-31(3)40(36,37)27-10-7-13-39-27/h7,10-14,19-20,22,25,33H,4-6,8-9,15-18H2,1-3H3,(H2,29,30,35)/t19-,20-,25+/m0/s1. The number of benzene rings is 1. The zero-order chi connectivity index (χ0) is 28.9. The highest BCUT2D eigenvalue weighted by Crippen LogP contribution is 2.30. The van der Waals surface area contributed by atoms with Gasteiger partial charge in [0.05, 0.1) is 25.6 Å². The minimum absolute atomic E-state index is 0.0161. The molecule has 4 rings (SSSR count). The molecule has 0 bridgehead atoms. The van der Waals surface area contributed by atoms with Gasteiger partial charge in [0, 0.05) is 36.8 Å².